The van der Waals surface area contributed by atoms with Crippen LogP contribution < -0.4 is 11.2 Å². The Morgan fingerprint density at radius 1 is 1.32 bits per heavy atom. The molecule has 0 amide bonds. The SMILES string of the molecule is C=C(C)Cn1c(SC(C)CC)nc2c1c(=O)n(C)c(=O)n2C. The van der Waals surface area contributed by atoms with E-state index in [1.165, 1.54) is 11.6 Å². The van der Waals surface area contributed by atoms with Gasteiger partial charge in [0, 0.05) is 25.9 Å². The number of nitrogens with zero attached hydrogens (tertiary/aromatic N) is 4. The Hall–Kier alpha value is -1.76. The van der Waals surface area contributed by atoms with E-state index in [0.717, 1.165) is 21.7 Å². The van der Waals surface area contributed by atoms with E-state index < -0.39 is 0 Å². The van der Waals surface area contributed by atoms with Crippen molar-refractivity contribution in [3.05, 3.63) is 33.0 Å². The van der Waals surface area contributed by atoms with Crippen molar-refractivity contribution in [3.8, 4) is 0 Å². The molecule has 7 heteroatoms. The van der Waals surface area contributed by atoms with E-state index in [1.807, 2.05) is 11.5 Å². The molecule has 0 aliphatic carbocycles. The highest BCUT2D eigenvalue weighted by atomic mass is 32.2. The third kappa shape index (κ3) is 2.77. The Kier molecular flexibility index (Phi) is 4.65. The molecule has 1 unspecified atom stereocenters. The predicted octanol–water partition coefficient (Wildman–Crippen LogP) is 1.90. The second kappa shape index (κ2) is 6.16. The summed E-state index contributed by atoms with van der Waals surface area (Å²) in [6.45, 7) is 10.6. The van der Waals surface area contributed by atoms with Gasteiger partial charge in [-0.05, 0) is 13.3 Å². The molecule has 0 spiro atoms. The molecule has 2 aromatic rings. The van der Waals surface area contributed by atoms with Crippen molar-refractivity contribution >= 4 is 22.9 Å². The van der Waals surface area contributed by atoms with Crippen LogP contribution in [0.2, 0.25) is 0 Å². The van der Waals surface area contributed by atoms with Crippen LogP contribution in [0.3, 0.4) is 0 Å². The molecule has 0 saturated carbocycles. The molecular formula is C15H22N4O2S. The quantitative estimate of drug-likeness (QED) is 0.623. The Bertz CT molecular complexity index is 844. The third-order valence-electron chi connectivity index (χ3n) is 3.62. The monoisotopic (exact) mass is 322 g/mol. The normalized spacial score (nSPS) is 12.8. The van der Waals surface area contributed by atoms with Crippen LogP contribution in [0.4, 0.5) is 0 Å². The molecule has 120 valence electrons. The van der Waals surface area contributed by atoms with E-state index in [4.69, 9.17) is 0 Å². The second-order valence-electron chi connectivity index (χ2n) is 5.65. The standard InChI is InChI=1S/C15H22N4O2S/c1-7-10(4)22-14-16-12-11(19(14)8-9(2)3)13(20)18(6)15(21)17(12)5/h10H,2,7-8H2,1,3-6H3. The summed E-state index contributed by atoms with van der Waals surface area (Å²) in [5.41, 5.74) is 1.14. The maximum absolute atomic E-state index is 12.5. The molecule has 0 bridgehead atoms. The fraction of sp³-hybridized carbons (Fsp3) is 0.533. The molecular weight excluding hydrogens is 300 g/mol. The van der Waals surface area contributed by atoms with E-state index in [-0.39, 0.29) is 11.2 Å². The number of fused-ring (bicyclic) bond motifs is 1. The van der Waals surface area contributed by atoms with Crippen LogP contribution in [0.1, 0.15) is 27.2 Å². The average molecular weight is 322 g/mol. The highest BCUT2D eigenvalue weighted by molar-refractivity contribution is 7.99. The van der Waals surface area contributed by atoms with Gasteiger partial charge in [-0.25, -0.2) is 9.78 Å². The molecule has 2 heterocycles. The van der Waals surface area contributed by atoms with Gasteiger partial charge in [0.2, 0.25) is 0 Å². The first kappa shape index (κ1) is 16.6. The zero-order valence-electron chi connectivity index (χ0n) is 13.7. The minimum Gasteiger partial charge on any atom is -0.309 e. The zero-order valence-corrected chi connectivity index (χ0v) is 14.5. The minimum atomic E-state index is -0.363. The van der Waals surface area contributed by atoms with Gasteiger partial charge in [-0.1, -0.05) is 37.8 Å². The zero-order chi connectivity index (χ0) is 16.6. The van der Waals surface area contributed by atoms with Gasteiger partial charge in [-0.3, -0.25) is 13.9 Å². The first-order chi connectivity index (χ1) is 10.3. The fourth-order valence-electron chi connectivity index (χ4n) is 2.20. The van der Waals surface area contributed by atoms with Gasteiger partial charge in [0.25, 0.3) is 5.56 Å². The number of thioether (sulfide) groups is 1. The molecule has 0 radical (unpaired) electrons. The highest BCUT2D eigenvalue weighted by Gasteiger charge is 2.20. The third-order valence-corrected chi connectivity index (χ3v) is 4.88. The summed E-state index contributed by atoms with van der Waals surface area (Å²) in [5.74, 6) is 0. The lowest BCUT2D eigenvalue weighted by Gasteiger charge is -2.11. The number of aromatic nitrogens is 4. The van der Waals surface area contributed by atoms with Crippen molar-refractivity contribution in [1.29, 1.82) is 0 Å². The number of aryl methyl sites for hydroxylation is 1. The van der Waals surface area contributed by atoms with E-state index in [2.05, 4.69) is 25.4 Å². The van der Waals surface area contributed by atoms with E-state index >= 15 is 0 Å². The maximum atomic E-state index is 12.5. The van der Waals surface area contributed by atoms with Gasteiger partial charge < -0.3 is 4.57 Å². The highest BCUT2D eigenvalue weighted by Crippen LogP contribution is 2.27. The van der Waals surface area contributed by atoms with Crippen molar-refractivity contribution in [2.45, 2.75) is 44.1 Å². The molecule has 1 atom stereocenters. The minimum absolute atomic E-state index is 0.317. The lowest BCUT2D eigenvalue weighted by Crippen LogP contribution is -2.37. The summed E-state index contributed by atoms with van der Waals surface area (Å²) in [4.78, 5) is 29.1. The van der Waals surface area contributed by atoms with Crippen LogP contribution in [-0.4, -0.2) is 23.9 Å². The number of hydrogen-bond acceptors (Lipinski definition) is 4. The second-order valence-corrected chi connectivity index (χ2v) is 7.06. The van der Waals surface area contributed by atoms with Crippen molar-refractivity contribution in [3.63, 3.8) is 0 Å². The summed E-state index contributed by atoms with van der Waals surface area (Å²) in [5, 5.41) is 1.13. The van der Waals surface area contributed by atoms with Gasteiger partial charge >= 0.3 is 5.69 Å². The lowest BCUT2D eigenvalue weighted by molar-refractivity contribution is 0.693. The molecule has 22 heavy (non-hydrogen) atoms. The van der Waals surface area contributed by atoms with Gasteiger partial charge in [-0.15, -0.1) is 0 Å². The number of rotatable bonds is 5. The number of allylic oxidation sites excluding steroid dienone is 1. The Labute approximate surface area is 133 Å². The average Bonchev–Trinajstić information content (AvgIpc) is 2.80. The molecule has 0 aromatic carbocycles. The van der Waals surface area contributed by atoms with Gasteiger partial charge in [0.15, 0.2) is 16.3 Å². The van der Waals surface area contributed by atoms with E-state index in [1.54, 1.807) is 18.8 Å². The number of imidazole rings is 1. The smallest absolute Gasteiger partial charge is 0.309 e. The molecule has 2 rings (SSSR count). The first-order valence-corrected chi connectivity index (χ1v) is 8.13. The van der Waals surface area contributed by atoms with Gasteiger partial charge in [-0.2, -0.15) is 0 Å². The Morgan fingerprint density at radius 2 is 1.95 bits per heavy atom. The van der Waals surface area contributed by atoms with Crippen LogP contribution in [0.25, 0.3) is 11.2 Å². The van der Waals surface area contributed by atoms with Crippen molar-refractivity contribution in [1.82, 2.24) is 18.7 Å². The summed E-state index contributed by atoms with van der Waals surface area (Å²) >= 11 is 1.61. The van der Waals surface area contributed by atoms with Crippen LogP contribution in [0.15, 0.2) is 26.9 Å². The topological polar surface area (TPSA) is 61.8 Å². The molecule has 0 N–H and O–H groups in total. The van der Waals surface area contributed by atoms with Crippen molar-refractivity contribution in [2.75, 3.05) is 0 Å². The maximum Gasteiger partial charge on any atom is 0.332 e. The summed E-state index contributed by atoms with van der Waals surface area (Å²) in [7, 11) is 3.13. The molecule has 0 fully saturated rings. The Balaban J connectivity index is 2.83. The van der Waals surface area contributed by atoms with E-state index in [9.17, 15) is 9.59 Å². The summed E-state index contributed by atoms with van der Waals surface area (Å²) < 4.78 is 4.42. The van der Waals surface area contributed by atoms with Crippen LogP contribution in [0.5, 0.6) is 0 Å². The lowest BCUT2D eigenvalue weighted by atomic mass is 10.3. The summed E-state index contributed by atoms with van der Waals surface area (Å²) in [6.07, 6.45) is 0.998. The predicted molar refractivity (Wildman–Crippen MR) is 90.6 cm³/mol. The van der Waals surface area contributed by atoms with Gasteiger partial charge in [0.1, 0.15) is 0 Å². The molecule has 2 aromatic heterocycles. The Morgan fingerprint density at radius 3 is 2.50 bits per heavy atom. The van der Waals surface area contributed by atoms with Gasteiger partial charge in [0.05, 0.1) is 0 Å². The number of hydrogen-bond donors (Lipinski definition) is 0. The fourth-order valence-corrected chi connectivity index (χ4v) is 3.15. The van der Waals surface area contributed by atoms with Crippen molar-refractivity contribution in [2.24, 2.45) is 14.1 Å². The van der Waals surface area contributed by atoms with Crippen LogP contribution >= 0.6 is 11.8 Å². The van der Waals surface area contributed by atoms with E-state index in [0.29, 0.717) is 23.0 Å². The largest absolute Gasteiger partial charge is 0.332 e. The van der Waals surface area contributed by atoms with Crippen molar-refractivity contribution < 1.29 is 0 Å². The summed E-state index contributed by atoms with van der Waals surface area (Å²) in [6, 6.07) is 0. The van der Waals surface area contributed by atoms with Crippen LogP contribution in [0, 0.1) is 0 Å². The van der Waals surface area contributed by atoms with Crippen LogP contribution in [-0.2, 0) is 20.6 Å². The molecule has 6 nitrogen and oxygen atoms in total. The molecule has 0 aliphatic rings. The molecule has 0 saturated heterocycles. The first-order valence-electron chi connectivity index (χ1n) is 7.25. The molecule has 0 aliphatic heterocycles.